The van der Waals surface area contributed by atoms with Crippen LogP contribution in [0.1, 0.15) is 120 Å². The number of halogens is 4. The van der Waals surface area contributed by atoms with Gasteiger partial charge in [-0.1, -0.05) is 111 Å². The molecule has 3 amide bonds. The van der Waals surface area contributed by atoms with Crippen LogP contribution in [0.3, 0.4) is 0 Å². The Kier molecular flexibility index (Phi) is 27.0. The molecule has 0 saturated heterocycles. The highest BCUT2D eigenvalue weighted by molar-refractivity contribution is 14.1. The fourth-order valence-corrected chi connectivity index (χ4v) is 14.8. The third-order valence-corrected chi connectivity index (χ3v) is 19.7. The molecule has 552 valence electrons. The third kappa shape index (κ3) is 20.6. The Hall–Kier alpha value is -10.9. The zero-order valence-electron chi connectivity index (χ0n) is 58.1. The van der Waals surface area contributed by atoms with Crippen LogP contribution in [0, 0.1) is 7.14 Å². The van der Waals surface area contributed by atoms with Crippen LogP contribution in [0.5, 0.6) is 34.5 Å². The van der Waals surface area contributed by atoms with E-state index < -0.39 is 17.7 Å². The Bertz CT molecular complexity index is 4850. The number of allylic oxidation sites excluding steroid dienone is 3. The molecule has 0 aliphatic carbocycles. The molecular formula is C84H73Br2I2N5O15. The summed E-state index contributed by atoms with van der Waals surface area (Å²) in [5.41, 5.74) is 34.3. The quantitative estimate of drug-likeness (QED) is 0.00681. The van der Waals surface area contributed by atoms with Gasteiger partial charge in [0, 0.05) is 109 Å². The van der Waals surface area contributed by atoms with Crippen molar-refractivity contribution < 1.29 is 71.5 Å². The standard InChI is InChI=1S/C28H23Br2NO5.C28H23I2NO5.C28H27N3O5/c3*1-16(12-17-6-3-2-4-7-17)35-19-10-11-20-24(15-19)36-23(8-5-9-25(31)32)26(20)27(33)18-13-21(29)28(34)22(30)14-18/h2*2-4,6-7,10-11,13-15,34H,1,5,8-9,12H2,(H2,31,32);2-4,6-7,10-11,13-15,34H,1,5,8-9,12,29-30H2,(H2,31,32). The number of benzene rings is 9. The lowest BCUT2D eigenvalue weighted by molar-refractivity contribution is -0.118. The van der Waals surface area contributed by atoms with Gasteiger partial charge >= 0.3 is 0 Å². The van der Waals surface area contributed by atoms with E-state index in [1.165, 1.54) is 12.1 Å². The highest BCUT2D eigenvalue weighted by Crippen LogP contribution is 2.40. The summed E-state index contributed by atoms with van der Waals surface area (Å²) >= 11 is 10.6. The van der Waals surface area contributed by atoms with Gasteiger partial charge in [0.25, 0.3) is 0 Å². The summed E-state index contributed by atoms with van der Waals surface area (Å²) < 4.78 is 38.0. The topological polar surface area (TPSA) is 360 Å². The highest BCUT2D eigenvalue weighted by atomic mass is 127. The van der Waals surface area contributed by atoms with Gasteiger partial charge in [0.1, 0.15) is 80.1 Å². The number of anilines is 2. The van der Waals surface area contributed by atoms with Crippen LogP contribution < -0.4 is 42.9 Å². The van der Waals surface area contributed by atoms with E-state index >= 15 is 0 Å². The lowest BCUT2D eigenvalue weighted by Gasteiger charge is -2.09. The van der Waals surface area contributed by atoms with Gasteiger partial charge < -0.3 is 71.4 Å². The second kappa shape index (κ2) is 36.6. The van der Waals surface area contributed by atoms with E-state index in [4.69, 9.17) is 56.1 Å². The monoisotopic (exact) mass is 1800 g/mol. The predicted molar refractivity (Wildman–Crippen MR) is 439 cm³/mol. The number of ether oxygens (including phenoxy) is 3. The summed E-state index contributed by atoms with van der Waals surface area (Å²) in [6.07, 6.45) is 4.54. The van der Waals surface area contributed by atoms with E-state index in [0.717, 1.165) is 16.7 Å². The van der Waals surface area contributed by atoms with Crippen molar-refractivity contribution in [2.75, 3.05) is 11.5 Å². The number of phenols is 3. The van der Waals surface area contributed by atoms with Crippen LogP contribution in [0.4, 0.5) is 11.4 Å². The first kappa shape index (κ1) is 79.6. The number of aryl methyl sites for hydroxylation is 3. The molecule has 0 spiro atoms. The van der Waals surface area contributed by atoms with Crippen molar-refractivity contribution in [1.29, 1.82) is 0 Å². The van der Waals surface area contributed by atoms with Gasteiger partial charge in [0.05, 0.1) is 44.2 Å². The largest absolute Gasteiger partial charge is 0.506 e. The van der Waals surface area contributed by atoms with Crippen LogP contribution in [0.25, 0.3) is 32.9 Å². The minimum atomic E-state index is -0.439. The maximum Gasteiger partial charge on any atom is 0.217 e. The predicted octanol–water partition coefficient (Wildman–Crippen LogP) is 17.8. The lowest BCUT2D eigenvalue weighted by Crippen LogP contribution is -2.11. The maximum absolute atomic E-state index is 13.6. The number of fused-ring (bicyclic) bond motifs is 3. The van der Waals surface area contributed by atoms with Crippen molar-refractivity contribution in [3.8, 4) is 34.5 Å². The summed E-state index contributed by atoms with van der Waals surface area (Å²) in [6, 6.07) is 54.5. The van der Waals surface area contributed by atoms with E-state index in [9.17, 15) is 44.1 Å². The Labute approximate surface area is 665 Å². The molecule has 13 N–H and O–H groups in total. The van der Waals surface area contributed by atoms with Crippen LogP contribution in [-0.4, -0.2) is 50.4 Å². The molecule has 0 aliphatic heterocycles. The number of aromatic hydroxyl groups is 3. The molecule has 3 heterocycles. The van der Waals surface area contributed by atoms with Crippen LogP contribution >= 0.6 is 77.0 Å². The van der Waals surface area contributed by atoms with Crippen molar-refractivity contribution >= 4 is 156 Å². The van der Waals surface area contributed by atoms with E-state index in [1.807, 2.05) is 136 Å². The van der Waals surface area contributed by atoms with Crippen molar-refractivity contribution in [2.45, 2.75) is 77.0 Å². The second-order valence-electron chi connectivity index (χ2n) is 25.1. The van der Waals surface area contributed by atoms with Gasteiger partial charge in [-0.2, -0.15) is 0 Å². The van der Waals surface area contributed by atoms with E-state index in [0.29, 0.717) is 186 Å². The van der Waals surface area contributed by atoms with Gasteiger partial charge in [-0.15, -0.1) is 0 Å². The molecule has 0 unspecified atom stereocenters. The number of nitrogen functional groups attached to an aromatic ring is 2. The number of furan rings is 3. The summed E-state index contributed by atoms with van der Waals surface area (Å²) in [5, 5.41) is 31.9. The minimum absolute atomic E-state index is 0.00260. The zero-order chi connectivity index (χ0) is 77.5. The number of primary amides is 3. The number of ketones is 3. The van der Waals surface area contributed by atoms with Gasteiger partial charge in [0.15, 0.2) is 23.1 Å². The van der Waals surface area contributed by atoms with E-state index in [-0.39, 0.29) is 70.8 Å². The number of carbonyl (C=O) groups excluding carboxylic acids is 6. The van der Waals surface area contributed by atoms with E-state index in [1.54, 1.807) is 78.9 Å². The van der Waals surface area contributed by atoms with Gasteiger partial charge in [-0.25, -0.2) is 0 Å². The summed E-state index contributed by atoms with van der Waals surface area (Å²) in [6.45, 7) is 12.0. The first-order valence-electron chi connectivity index (χ1n) is 33.8. The molecule has 12 rings (SSSR count). The Balaban J connectivity index is 0.000000173. The SMILES string of the molecule is C=C(Cc1ccccc1)Oc1ccc2c(C(=O)c3cc(Br)c(O)c(Br)c3)c(CCCC(N)=O)oc2c1.C=C(Cc1ccccc1)Oc1ccc2c(C(=O)c3cc(I)c(O)c(I)c3)c(CCCC(N)=O)oc2c1.C=C(Cc1ccccc1)Oc1ccc2c(C(=O)c3cc(N)c(O)c(N)c3)c(CCCC(N)=O)oc2c1. The summed E-state index contributed by atoms with van der Waals surface area (Å²) in [4.78, 5) is 74.5. The second-order valence-corrected chi connectivity index (χ2v) is 29.1. The number of carbonyl (C=O) groups is 6. The third-order valence-electron chi connectivity index (χ3n) is 16.9. The highest BCUT2D eigenvalue weighted by Gasteiger charge is 2.28. The summed E-state index contributed by atoms with van der Waals surface area (Å²) in [5.74, 6) is 2.39. The first-order chi connectivity index (χ1) is 51.7. The molecule has 24 heteroatoms. The molecular weight excluding hydrogens is 1730 g/mol. The Morgan fingerprint density at radius 3 is 0.972 bits per heavy atom. The van der Waals surface area contributed by atoms with Crippen molar-refractivity contribution in [1.82, 2.24) is 0 Å². The molecule has 0 atom stereocenters. The fraction of sp³-hybridized carbons (Fsp3) is 0.143. The van der Waals surface area contributed by atoms with Gasteiger partial charge in [0.2, 0.25) is 17.7 Å². The van der Waals surface area contributed by atoms with Gasteiger partial charge in [-0.05, 0) is 186 Å². The molecule has 108 heavy (non-hydrogen) atoms. The first-order valence-corrected chi connectivity index (χ1v) is 37.5. The number of phenolic OH excluding ortho intramolecular Hbond substituents is 3. The molecule has 0 fully saturated rings. The smallest absolute Gasteiger partial charge is 0.217 e. The zero-order valence-corrected chi connectivity index (χ0v) is 65.6. The normalized spacial score (nSPS) is 10.9. The number of nitrogens with two attached hydrogens (primary N) is 5. The minimum Gasteiger partial charge on any atom is -0.506 e. The Morgan fingerprint density at radius 1 is 0.389 bits per heavy atom. The van der Waals surface area contributed by atoms with E-state index in [2.05, 4.69) is 51.6 Å². The molecule has 0 saturated carbocycles. The number of hydrogen-bond donors (Lipinski definition) is 8. The molecule has 20 nitrogen and oxygen atoms in total. The Morgan fingerprint density at radius 2 is 0.676 bits per heavy atom. The fourth-order valence-electron chi connectivity index (χ4n) is 11.8. The van der Waals surface area contributed by atoms with Crippen LogP contribution in [-0.2, 0) is 52.9 Å². The van der Waals surface area contributed by atoms with Crippen LogP contribution in [0.15, 0.2) is 241 Å². The van der Waals surface area contributed by atoms with Crippen molar-refractivity contribution in [3.05, 3.63) is 302 Å². The molecule has 0 bridgehead atoms. The van der Waals surface area contributed by atoms with Gasteiger partial charge in [-0.3, -0.25) is 28.8 Å². The summed E-state index contributed by atoms with van der Waals surface area (Å²) in [7, 11) is 0. The lowest BCUT2D eigenvalue weighted by atomic mass is 9.97. The molecule has 0 radical (unpaired) electrons. The molecule has 3 aromatic heterocycles. The molecule has 0 aliphatic rings. The number of rotatable bonds is 30. The van der Waals surface area contributed by atoms with Crippen LogP contribution in [0.2, 0.25) is 0 Å². The maximum atomic E-state index is 13.6. The average Bonchev–Trinajstić information content (AvgIpc) is 1.63. The number of amides is 3. The average molecular weight is 1810 g/mol. The number of hydrogen-bond acceptors (Lipinski definition) is 17. The van der Waals surface area contributed by atoms with Crippen molar-refractivity contribution in [2.24, 2.45) is 17.2 Å². The van der Waals surface area contributed by atoms with Crippen molar-refractivity contribution in [3.63, 3.8) is 0 Å². The molecule has 12 aromatic rings. The molecule has 9 aromatic carbocycles.